The lowest BCUT2D eigenvalue weighted by atomic mass is 9.99. The van der Waals surface area contributed by atoms with Gasteiger partial charge in [0.1, 0.15) is 5.82 Å². The van der Waals surface area contributed by atoms with E-state index in [9.17, 15) is 4.39 Å². The highest BCUT2D eigenvalue weighted by atomic mass is 19.1. The zero-order valence-corrected chi connectivity index (χ0v) is 17.2. The fraction of sp³-hybridized carbons (Fsp3) is 0.280. The van der Waals surface area contributed by atoms with E-state index in [-0.39, 0.29) is 5.82 Å². The third-order valence-corrected chi connectivity index (χ3v) is 5.24. The van der Waals surface area contributed by atoms with Gasteiger partial charge in [-0.25, -0.2) is 9.37 Å². The summed E-state index contributed by atoms with van der Waals surface area (Å²) in [5.74, 6) is 0.845. The Morgan fingerprint density at radius 2 is 1.80 bits per heavy atom. The molecule has 0 saturated heterocycles. The average molecular weight is 404 g/mol. The number of rotatable bonds is 7. The Hall–Kier alpha value is -3.05. The van der Waals surface area contributed by atoms with Gasteiger partial charge in [-0.05, 0) is 55.2 Å². The van der Waals surface area contributed by atoms with E-state index < -0.39 is 0 Å². The zero-order chi connectivity index (χ0) is 20.8. The van der Waals surface area contributed by atoms with Gasteiger partial charge in [-0.15, -0.1) is 0 Å². The van der Waals surface area contributed by atoms with E-state index in [1.807, 2.05) is 13.0 Å². The van der Waals surface area contributed by atoms with E-state index in [2.05, 4.69) is 51.3 Å². The van der Waals surface area contributed by atoms with E-state index in [1.54, 1.807) is 12.1 Å². The lowest BCUT2D eigenvalue weighted by molar-refractivity contribution is 0.243. The standard InChI is InChI=1S/C25H26FN3O/c1-19-18-24(28-25(27-19)22-8-10-23(26)11-9-22)30-17-5-14-29-15-12-21(13-16-29)20-6-3-2-4-7-20/h2-4,6-12,18H,5,13-17H2,1H3. The summed E-state index contributed by atoms with van der Waals surface area (Å²) in [7, 11) is 0. The lowest BCUT2D eigenvalue weighted by Gasteiger charge is -2.26. The second-order valence-corrected chi connectivity index (χ2v) is 7.53. The van der Waals surface area contributed by atoms with Gasteiger partial charge in [0.05, 0.1) is 6.61 Å². The maximum Gasteiger partial charge on any atom is 0.217 e. The molecule has 1 aliphatic heterocycles. The molecule has 0 radical (unpaired) electrons. The number of halogens is 1. The van der Waals surface area contributed by atoms with Crippen LogP contribution < -0.4 is 4.74 Å². The highest BCUT2D eigenvalue weighted by Crippen LogP contribution is 2.22. The van der Waals surface area contributed by atoms with Crippen molar-refractivity contribution >= 4 is 5.57 Å². The molecule has 0 N–H and O–H groups in total. The van der Waals surface area contributed by atoms with Crippen LogP contribution in [0, 0.1) is 12.7 Å². The third kappa shape index (κ3) is 5.30. The number of aromatic nitrogens is 2. The quantitative estimate of drug-likeness (QED) is 0.512. The van der Waals surface area contributed by atoms with Gasteiger partial charge in [-0.2, -0.15) is 4.98 Å². The van der Waals surface area contributed by atoms with Crippen molar-refractivity contribution in [2.45, 2.75) is 19.8 Å². The molecule has 30 heavy (non-hydrogen) atoms. The van der Waals surface area contributed by atoms with Crippen LogP contribution >= 0.6 is 0 Å². The summed E-state index contributed by atoms with van der Waals surface area (Å²) < 4.78 is 19.0. The molecule has 0 aliphatic carbocycles. The molecule has 1 aliphatic rings. The first kappa shape index (κ1) is 20.2. The van der Waals surface area contributed by atoms with Crippen LogP contribution in [-0.2, 0) is 0 Å². The summed E-state index contributed by atoms with van der Waals surface area (Å²) in [4.78, 5) is 11.4. The first-order chi connectivity index (χ1) is 14.7. The molecule has 0 spiro atoms. The maximum atomic E-state index is 13.2. The molecule has 0 atom stereocenters. The van der Waals surface area contributed by atoms with Gasteiger partial charge in [0.15, 0.2) is 5.82 Å². The van der Waals surface area contributed by atoms with Gasteiger partial charge < -0.3 is 4.74 Å². The molecule has 0 unspecified atom stereocenters. The van der Waals surface area contributed by atoms with Gasteiger partial charge in [-0.3, -0.25) is 4.90 Å². The van der Waals surface area contributed by atoms with Crippen LogP contribution in [0.5, 0.6) is 5.88 Å². The van der Waals surface area contributed by atoms with Crippen molar-refractivity contribution in [3.8, 4) is 17.3 Å². The van der Waals surface area contributed by atoms with Crippen molar-refractivity contribution in [3.05, 3.63) is 83.8 Å². The van der Waals surface area contributed by atoms with Crippen LogP contribution in [0.1, 0.15) is 24.1 Å². The van der Waals surface area contributed by atoms with E-state index in [4.69, 9.17) is 4.74 Å². The van der Waals surface area contributed by atoms with Crippen LogP contribution in [0.3, 0.4) is 0 Å². The lowest BCUT2D eigenvalue weighted by Crippen LogP contribution is -2.30. The molecule has 0 bridgehead atoms. The molecule has 3 aromatic rings. The number of ether oxygens (including phenoxy) is 1. The van der Waals surface area contributed by atoms with Crippen molar-refractivity contribution in [3.63, 3.8) is 0 Å². The minimum Gasteiger partial charge on any atom is -0.478 e. The monoisotopic (exact) mass is 403 g/mol. The fourth-order valence-corrected chi connectivity index (χ4v) is 3.64. The highest BCUT2D eigenvalue weighted by molar-refractivity contribution is 5.66. The highest BCUT2D eigenvalue weighted by Gasteiger charge is 2.13. The molecular weight excluding hydrogens is 377 g/mol. The summed E-state index contributed by atoms with van der Waals surface area (Å²) in [6.45, 7) is 5.55. The van der Waals surface area contributed by atoms with Crippen LogP contribution in [-0.4, -0.2) is 41.1 Å². The normalized spacial score (nSPS) is 14.4. The predicted molar refractivity (Wildman–Crippen MR) is 118 cm³/mol. The van der Waals surface area contributed by atoms with Crippen LogP contribution in [0.25, 0.3) is 17.0 Å². The molecule has 4 rings (SSSR count). The number of hydrogen-bond acceptors (Lipinski definition) is 4. The number of hydrogen-bond donors (Lipinski definition) is 0. The first-order valence-electron chi connectivity index (χ1n) is 10.4. The van der Waals surface area contributed by atoms with E-state index in [0.717, 1.165) is 43.7 Å². The second-order valence-electron chi connectivity index (χ2n) is 7.53. The molecule has 2 aromatic carbocycles. The Morgan fingerprint density at radius 3 is 2.53 bits per heavy atom. The minimum absolute atomic E-state index is 0.272. The number of aryl methyl sites for hydroxylation is 1. The molecule has 0 fully saturated rings. The summed E-state index contributed by atoms with van der Waals surface area (Å²) in [6, 6.07) is 18.6. The Labute approximate surface area is 177 Å². The summed E-state index contributed by atoms with van der Waals surface area (Å²) in [6.07, 6.45) is 4.35. The van der Waals surface area contributed by atoms with Crippen LogP contribution in [0.4, 0.5) is 4.39 Å². The largest absolute Gasteiger partial charge is 0.478 e. The smallest absolute Gasteiger partial charge is 0.217 e. The molecule has 0 saturated carbocycles. The topological polar surface area (TPSA) is 38.2 Å². The van der Waals surface area contributed by atoms with Gasteiger partial charge >= 0.3 is 0 Å². The van der Waals surface area contributed by atoms with Crippen molar-refractivity contribution in [2.24, 2.45) is 0 Å². The molecule has 0 amide bonds. The number of nitrogens with zero attached hydrogens (tertiary/aromatic N) is 3. The van der Waals surface area contributed by atoms with E-state index >= 15 is 0 Å². The molecule has 5 heteroatoms. The van der Waals surface area contributed by atoms with Gasteiger partial charge in [0.25, 0.3) is 0 Å². The van der Waals surface area contributed by atoms with Crippen molar-refractivity contribution < 1.29 is 9.13 Å². The molecule has 154 valence electrons. The molecular formula is C25H26FN3O. The van der Waals surface area contributed by atoms with Gasteiger partial charge in [-0.1, -0.05) is 36.4 Å². The Morgan fingerprint density at radius 1 is 1.00 bits per heavy atom. The van der Waals surface area contributed by atoms with Gasteiger partial charge in [0, 0.05) is 37.0 Å². The SMILES string of the molecule is Cc1cc(OCCCN2CC=C(c3ccccc3)CC2)nc(-c2ccc(F)cc2)n1. The zero-order valence-electron chi connectivity index (χ0n) is 17.2. The average Bonchev–Trinajstić information content (AvgIpc) is 2.78. The molecule has 4 nitrogen and oxygen atoms in total. The maximum absolute atomic E-state index is 13.2. The summed E-state index contributed by atoms with van der Waals surface area (Å²) in [5, 5.41) is 0. The number of benzene rings is 2. The van der Waals surface area contributed by atoms with E-state index in [0.29, 0.717) is 18.3 Å². The molecule has 1 aromatic heterocycles. The third-order valence-electron chi connectivity index (χ3n) is 5.24. The van der Waals surface area contributed by atoms with E-state index in [1.165, 1.54) is 23.3 Å². The summed E-state index contributed by atoms with van der Waals surface area (Å²) >= 11 is 0. The second kappa shape index (κ2) is 9.63. The Bertz CT molecular complexity index is 1000. The van der Waals surface area contributed by atoms with Gasteiger partial charge in [0.2, 0.25) is 5.88 Å². The summed E-state index contributed by atoms with van der Waals surface area (Å²) in [5.41, 5.74) is 4.37. The van der Waals surface area contributed by atoms with Crippen LogP contribution in [0.15, 0.2) is 66.7 Å². The van der Waals surface area contributed by atoms with Crippen LogP contribution in [0.2, 0.25) is 0 Å². The Kier molecular flexibility index (Phi) is 6.50. The van der Waals surface area contributed by atoms with Crippen molar-refractivity contribution in [2.75, 3.05) is 26.2 Å². The minimum atomic E-state index is -0.272. The molecule has 2 heterocycles. The van der Waals surface area contributed by atoms with Crippen molar-refractivity contribution in [1.29, 1.82) is 0 Å². The van der Waals surface area contributed by atoms with Crippen molar-refractivity contribution in [1.82, 2.24) is 14.9 Å². The fourth-order valence-electron chi connectivity index (χ4n) is 3.64. The Balaban J connectivity index is 1.27. The first-order valence-corrected chi connectivity index (χ1v) is 10.4. The predicted octanol–water partition coefficient (Wildman–Crippen LogP) is 5.15.